The molecular formula is C25H26N2O3. The largest absolute Gasteiger partial charge is 0.497 e. The number of carbonyl (C=O) groups is 2. The van der Waals surface area contributed by atoms with Crippen molar-refractivity contribution < 1.29 is 14.3 Å². The Hall–Kier alpha value is -3.34. The number of nitrogens with one attached hydrogen (secondary N) is 1. The first-order valence-corrected chi connectivity index (χ1v) is 10.4. The number of anilines is 1. The first kappa shape index (κ1) is 20.0. The van der Waals surface area contributed by atoms with Crippen LogP contribution in [0.25, 0.3) is 10.8 Å². The van der Waals surface area contributed by atoms with Gasteiger partial charge in [-0.1, -0.05) is 36.4 Å². The molecule has 3 aromatic rings. The van der Waals surface area contributed by atoms with Crippen LogP contribution in [0.4, 0.5) is 5.69 Å². The summed E-state index contributed by atoms with van der Waals surface area (Å²) < 4.78 is 5.23. The van der Waals surface area contributed by atoms with Crippen LogP contribution < -0.4 is 15.0 Å². The van der Waals surface area contributed by atoms with E-state index in [1.807, 2.05) is 54.6 Å². The SMILES string of the molecule is COc1cccc(CCCNC(=O)CCCN2C(=O)c3cccc4cccc2c34)c1. The minimum atomic E-state index is 0.0282. The van der Waals surface area contributed by atoms with Gasteiger partial charge in [0, 0.05) is 30.5 Å². The molecule has 2 amide bonds. The van der Waals surface area contributed by atoms with Gasteiger partial charge < -0.3 is 15.0 Å². The highest BCUT2D eigenvalue weighted by Gasteiger charge is 2.28. The van der Waals surface area contributed by atoms with Gasteiger partial charge in [0.25, 0.3) is 5.91 Å². The lowest BCUT2D eigenvalue weighted by Gasteiger charge is -2.17. The van der Waals surface area contributed by atoms with Crippen LogP contribution in [0.1, 0.15) is 35.2 Å². The highest BCUT2D eigenvalue weighted by Crippen LogP contribution is 2.37. The summed E-state index contributed by atoms with van der Waals surface area (Å²) in [5.74, 6) is 0.911. The lowest BCUT2D eigenvalue weighted by atomic mass is 10.1. The van der Waals surface area contributed by atoms with Crippen LogP contribution in [0.15, 0.2) is 60.7 Å². The molecule has 5 nitrogen and oxygen atoms in total. The van der Waals surface area contributed by atoms with E-state index in [-0.39, 0.29) is 11.8 Å². The summed E-state index contributed by atoms with van der Waals surface area (Å²) >= 11 is 0. The second-order valence-corrected chi connectivity index (χ2v) is 7.55. The zero-order valence-electron chi connectivity index (χ0n) is 17.2. The lowest BCUT2D eigenvalue weighted by Crippen LogP contribution is -2.30. The number of methoxy groups -OCH3 is 1. The molecule has 154 valence electrons. The summed E-state index contributed by atoms with van der Waals surface area (Å²) in [4.78, 5) is 26.7. The summed E-state index contributed by atoms with van der Waals surface area (Å²) in [7, 11) is 1.66. The molecule has 30 heavy (non-hydrogen) atoms. The maximum Gasteiger partial charge on any atom is 0.258 e. The van der Waals surface area contributed by atoms with Crippen molar-refractivity contribution in [2.24, 2.45) is 0 Å². The van der Waals surface area contributed by atoms with Crippen LogP contribution in [0.5, 0.6) is 5.75 Å². The fourth-order valence-corrected chi connectivity index (χ4v) is 4.04. The molecule has 0 aliphatic carbocycles. The molecule has 5 heteroatoms. The summed E-state index contributed by atoms with van der Waals surface area (Å²) in [5.41, 5.74) is 2.90. The number of ether oxygens (including phenoxy) is 1. The first-order valence-electron chi connectivity index (χ1n) is 10.4. The highest BCUT2D eigenvalue weighted by atomic mass is 16.5. The number of aryl methyl sites for hydroxylation is 1. The van der Waals surface area contributed by atoms with Crippen molar-refractivity contribution in [3.05, 3.63) is 71.8 Å². The maximum absolute atomic E-state index is 12.8. The molecule has 1 aliphatic rings. The van der Waals surface area contributed by atoms with Gasteiger partial charge >= 0.3 is 0 Å². The average Bonchev–Trinajstić information content (AvgIpc) is 3.05. The van der Waals surface area contributed by atoms with Crippen molar-refractivity contribution in [2.45, 2.75) is 25.7 Å². The monoisotopic (exact) mass is 402 g/mol. The molecule has 1 heterocycles. The predicted molar refractivity (Wildman–Crippen MR) is 119 cm³/mol. The molecule has 0 atom stereocenters. The summed E-state index contributed by atoms with van der Waals surface area (Å²) in [6, 6.07) is 19.8. The fourth-order valence-electron chi connectivity index (χ4n) is 4.04. The summed E-state index contributed by atoms with van der Waals surface area (Å²) in [5, 5.41) is 5.08. The lowest BCUT2D eigenvalue weighted by molar-refractivity contribution is -0.121. The molecule has 1 N–H and O–H groups in total. The second-order valence-electron chi connectivity index (χ2n) is 7.55. The highest BCUT2D eigenvalue weighted by molar-refractivity contribution is 6.25. The van der Waals surface area contributed by atoms with Crippen LogP contribution in [-0.2, 0) is 11.2 Å². The third-order valence-electron chi connectivity index (χ3n) is 5.53. The Morgan fingerprint density at radius 2 is 1.83 bits per heavy atom. The molecule has 0 saturated carbocycles. The fraction of sp³-hybridized carbons (Fsp3) is 0.280. The van der Waals surface area contributed by atoms with Crippen molar-refractivity contribution in [3.63, 3.8) is 0 Å². The molecule has 4 rings (SSSR count). The molecule has 0 saturated heterocycles. The van der Waals surface area contributed by atoms with Crippen LogP contribution in [0, 0.1) is 0 Å². The quantitative estimate of drug-likeness (QED) is 0.542. The standard InChI is InChI=1S/C25H26N2O3/c1-30-20-11-2-7-18(17-20)8-5-15-26-23(28)14-6-16-27-22-13-4-10-19-9-3-12-21(24(19)22)25(27)29/h2-4,7,9-13,17H,5-6,8,14-16H2,1H3,(H,26,28). The Balaban J connectivity index is 1.22. The molecule has 0 spiro atoms. The normalized spacial score (nSPS) is 12.4. The Kier molecular flexibility index (Phi) is 5.98. The zero-order chi connectivity index (χ0) is 20.9. The van der Waals surface area contributed by atoms with Gasteiger partial charge in [-0.3, -0.25) is 9.59 Å². The topological polar surface area (TPSA) is 58.6 Å². The molecule has 3 aromatic carbocycles. The van der Waals surface area contributed by atoms with Crippen molar-refractivity contribution in [1.29, 1.82) is 0 Å². The van der Waals surface area contributed by atoms with Crippen molar-refractivity contribution in [2.75, 3.05) is 25.1 Å². The van der Waals surface area contributed by atoms with Crippen molar-refractivity contribution >= 4 is 28.3 Å². The Morgan fingerprint density at radius 1 is 1.03 bits per heavy atom. The van der Waals surface area contributed by atoms with Crippen molar-refractivity contribution in [1.82, 2.24) is 5.32 Å². The number of benzene rings is 3. The van der Waals surface area contributed by atoms with Crippen LogP contribution in [0.2, 0.25) is 0 Å². The van der Waals surface area contributed by atoms with Crippen LogP contribution >= 0.6 is 0 Å². The van der Waals surface area contributed by atoms with E-state index in [9.17, 15) is 9.59 Å². The molecule has 0 fully saturated rings. The average molecular weight is 402 g/mol. The van der Waals surface area contributed by atoms with Gasteiger partial charge in [0.05, 0.1) is 12.8 Å². The Labute approximate surface area is 176 Å². The van der Waals surface area contributed by atoms with Gasteiger partial charge in [0.15, 0.2) is 0 Å². The van der Waals surface area contributed by atoms with Gasteiger partial charge in [-0.25, -0.2) is 0 Å². The molecule has 0 aromatic heterocycles. The third kappa shape index (κ3) is 4.15. The molecule has 0 bridgehead atoms. The van der Waals surface area contributed by atoms with E-state index in [4.69, 9.17) is 4.74 Å². The van der Waals surface area contributed by atoms with Crippen LogP contribution in [0.3, 0.4) is 0 Å². The number of hydrogen-bond donors (Lipinski definition) is 1. The number of amides is 2. The summed E-state index contributed by atoms with van der Waals surface area (Å²) in [6.07, 6.45) is 2.82. The minimum absolute atomic E-state index is 0.0282. The number of carbonyl (C=O) groups excluding carboxylic acids is 2. The molecular weight excluding hydrogens is 376 g/mol. The van der Waals surface area contributed by atoms with E-state index in [1.165, 1.54) is 5.56 Å². The van der Waals surface area contributed by atoms with Gasteiger partial charge in [0.2, 0.25) is 5.91 Å². The number of rotatable bonds is 9. The third-order valence-corrected chi connectivity index (χ3v) is 5.53. The van der Waals surface area contributed by atoms with E-state index >= 15 is 0 Å². The van der Waals surface area contributed by atoms with Gasteiger partial charge in [-0.15, -0.1) is 0 Å². The van der Waals surface area contributed by atoms with Gasteiger partial charge in [-0.2, -0.15) is 0 Å². The van der Waals surface area contributed by atoms with E-state index in [1.54, 1.807) is 12.0 Å². The minimum Gasteiger partial charge on any atom is -0.497 e. The molecule has 0 unspecified atom stereocenters. The Bertz CT molecular complexity index is 1070. The zero-order valence-corrected chi connectivity index (χ0v) is 17.2. The van der Waals surface area contributed by atoms with Crippen LogP contribution in [-0.4, -0.2) is 32.0 Å². The van der Waals surface area contributed by atoms with E-state index in [0.717, 1.165) is 40.6 Å². The van der Waals surface area contributed by atoms with Gasteiger partial charge in [0.1, 0.15) is 5.75 Å². The Morgan fingerprint density at radius 3 is 2.67 bits per heavy atom. The smallest absolute Gasteiger partial charge is 0.258 e. The number of hydrogen-bond acceptors (Lipinski definition) is 3. The second kappa shape index (κ2) is 8.99. The van der Waals surface area contributed by atoms with E-state index in [2.05, 4.69) is 11.4 Å². The van der Waals surface area contributed by atoms with E-state index in [0.29, 0.717) is 25.9 Å². The van der Waals surface area contributed by atoms with Gasteiger partial charge in [-0.05, 0) is 54.5 Å². The molecule has 0 radical (unpaired) electrons. The predicted octanol–water partition coefficient (Wildman–Crippen LogP) is 4.34. The maximum atomic E-state index is 12.8. The first-order chi connectivity index (χ1) is 14.7. The van der Waals surface area contributed by atoms with Crippen molar-refractivity contribution in [3.8, 4) is 5.75 Å². The van der Waals surface area contributed by atoms with E-state index < -0.39 is 0 Å². The molecule has 1 aliphatic heterocycles. The number of nitrogens with zero attached hydrogens (tertiary/aromatic N) is 1. The summed E-state index contributed by atoms with van der Waals surface area (Å²) in [6.45, 7) is 1.19.